The van der Waals surface area contributed by atoms with Gasteiger partial charge in [-0.25, -0.2) is 4.98 Å². The van der Waals surface area contributed by atoms with E-state index in [0.29, 0.717) is 16.3 Å². The first-order valence-electron chi connectivity index (χ1n) is 7.42. The third-order valence-electron chi connectivity index (χ3n) is 3.29. The van der Waals surface area contributed by atoms with Crippen molar-refractivity contribution in [3.05, 3.63) is 70.3 Å². The minimum Gasteiger partial charge on any atom is -0.457 e. The maximum Gasteiger partial charge on any atom is 0.312 e. The molecule has 5 nitrogen and oxygen atoms in total. The van der Waals surface area contributed by atoms with Gasteiger partial charge in [-0.2, -0.15) is 0 Å². The molecule has 3 aromatic rings. The van der Waals surface area contributed by atoms with Crippen molar-refractivity contribution in [2.45, 2.75) is 6.42 Å². The number of halogens is 1. The highest BCUT2D eigenvalue weighted by Gasteiger charge is 2.13. The number of ether oxygens (including phenoxy) is 1. The lowest BCUT2D eigenvalue weighted by molar-refractivity contribution is -0.141. The van der Waals surface area contributed by atoms with Gasteiger partial charge < -0.3 is 4.74 Å². The number of thiazole rings is 1. The molecule has 0 aliphatic heterocycles. The molecule has 0 radical (unpaired) electrons. The van der Waals surface area contributed by atoms with Crippen LogP contribution in [0, 0.1) is 0 Å². The number of aromatic nitrogens is 2. The van der Waals surface area contributed by atoms with E-state index < -0.39 is 5.97 Å². The molecule has 0 aliphatic rings. The number of hydrogen-bond acceptors (Lipinski definition) is 6. The lowest BCUT2D eigenvalue weighted by Crippen LogP contribution is -2.15. The Kier molecular flexibility index (Phi) is 5.53. The molecule has 0 amide bonds. The van der Waals surface area contributed by atoms with Crippen LogP contribution in [0.25, 0.3) is 10.7 Å². The van der Waals surface area contributed by atoms with Gasteiger partial charge in [-0.3, -0.25) is 14.6 Å². The first-order valence-corrected chi connectivity index (χ1v) is 8.68. The smallest absolute Gasteiger partial charge is 0.312 e. The molecule has 0 saturated heterocycles. The van der Waals surface area contributed by atoms with Gasteiger partial charge in [-0.05, 0) is 36.4 Å². The Morgan fingerprint density at radius 3 is 2.64 bits per heavy atom. The summed E-state index contributed by atoms with van der Waals surface area (Å²) in [6, 6.07) is 12.0. The van der Waals surface area contributed by atoms with Crippen LogP contribution >= 0.6 is 22.9 Å². The number of ketones is 1. The number of hydrogen-bond donors (Lipinski definition) is 0. The summed E-state index contributed by atoms with van der Waals surface area (Å²) in [5.41, 5.74) is 1.79. The summed E-state index contributed by atoms with van der Waals surface area (Å²) in [4.78, 5) is 32.5. The van der Waals surface area contributed by atoms with Gasteiger partial charge in [0.05, 0.1) is 17.8 Å². The largest absolute Gasteiger partial charge is 0.457 e. The van der Waals surface area contributed by atoms with E-state index in [1.165, 1.54) is 11.3 Å². The van der Waals surface area contributed by atoms with E-state index in [2.05, 4.69) is 9.97 Å². The minimum absolute atomic E-state index is 0.0111. The molecule has 25 heavy (non-hydrogen) atoms. The van der Waals surface area contributed by atoms with E-state index in [1.54, 1.807) is 35.8 Å². The quantitative estimate of drug-likeness (QED) is 0.486. The lowest BCUT2D eigenvalue weighted by Gasteiger charge is -2.03. The van der Waals surface area contributed by atoms with Crippen molar-refractivity contribution in [3.63, 3.8) is 0 Å². The number of carbonyl (C=O) groups is 2. The second-order valence-corrected chi connectivity index (χ2v) is 6.42. The van der Waals surface area contributed by atoms with Crippen LogP contribution in [0.4, 0.5) is 0 Å². The fourth-order valence-corrected chi connectivity index (χ4v) is 2.98. The van der Waals surface area contributed by atoms with Gasteiger partial charge in [-0.1, -0.05) is 17.7 Å². The molecule has 0 aliphatic carbocycles. The molecule has 0 saturated carbocycles. The van der Waals surface area contributed by atoms with Gasteiger partial charge in [0.25, 0.3) is 0 Å². The molecular weight excluding hydrogens is 360 g/mol. The first kappa shape index (κ1) is 17.3. The van der Waals surface area contributed by atoms with Gasteiger partial charge in [0.1, 0.15) is 5.01 Å². The molecule has 0 fully saturated rings. The topological polar surface area (TPSA) is 69.2 Å². The number of pyridine rings is 1. The van der Waals surface area contributed by atoms with Crippen LogP contribution in [0.1, 0.15) is 16.1 Å². The highest BCUT2D eigenvalue weighted by Crippen LogP contribution is 2.21. The van der Waals surface area contributed by atoms with Crippen LogP contribution in [0.3, 0.4) is 0 Å². The van der Waals surface area contributed by atoms with Gasteiger partial charge >= 0.3 is 5.97 Å². The Labute approximate surface area is 153 Å². The zero-order valence-electron chi connectivity index (χ0n) is 13.0. The molecule has 7 heteroatoms. The third kappa shape index (κ3) is 4.71. The molecule has 126 valence electrons. The SMILES string of the molecule is O=C(Cc1csc(-c2ccccn2)n1)OCC(=O)c1ccc(Cl)cc1. The van der Waals surface area contributed by atoms with Crippen molar-refractivity contribution in [3.8, 4) is 10.7 Å². The van der Waals surface area contributed by atoms with Crippen molar-refractivity contribution < 1.29 is 14.3 Å². The standard InChI is InChI=1S/C18H13ClN2O3S/c19-13-6-4-12(5-7-13)16(22)10-24-17(23)9-14-11-25-18(21-14)15-3-1-2-8-20-15/h1-8,11H,9-10H2. The highest BCUT2D eigenvalue weighted by molar-refractivity contribution is 7.13. The predicted molar refractivity (Wildman–Crippen MR) is 95.8 cm³/mol. The Bertz CT molecular complexity index is 879. The predicted octanol–water partition coefficient (Wildman–Crippen LogP) is 3.83. The summed E-state index contributed by atoms with van der Waals surface area (Å²) >= 11 is 7.18. The zero-order valence-corrected chi connectivity index (χ0v) is 14.6. The van der Waals surface area contributed by atoms with Crippen molar-refractivity contribution in [1.82, 2.24) is 9.97 Å². The summed E-state index contributed by atoms with van der Waals surface area (Å²) in [7, 11) is 0. The van der Waals surface area contributed by atoms with E-state index in [4.69, 9.17) is 16.3 Å². The molecule has 0 spiro atoms. The van der Waals surface area contributed by atoms with E-state index in [1.807, 2.05) is 18.2 Å². The van der Waals surface area contributed by atoms with Crippen molar-refractivity contribution in [2.24, 2.45) is 0 Å². The number of nitrogens with zero attached hydrogens (tertiary/aromatic N) is 2. The molecule has 2 aromatic heterocycles. The van der Waals surface area contributed by atoms with Gasteiger partial charge in [0, 0.05) is 22.2 Å². The van der Waals surface area contributed by atoms with Gasteiger partial charge in [0.2, 0.25) is 0 Å². The summed E-state index contributed by atoms with van der Waals surface area (Å²) in [5, 5.41) is 3.06. The maximum atomic E-state index is 12.0. The summed E-state index contributed by atoms with van der Waals surface area (Å²) in [6.07, 6.45) is 1.70. The molecule has 1 aromatic carbocycles. The monoisotopic (exact) mass is 372 g/mol. The molecule has 2 heterocycles. The molecule has 0 bridgehead atoms. The summed E-state index contributed by atoms with van der Waals surface area (Å²) in [6.45, 7) is -0.308. The number of carbonyl (C=O) groups excluding carboxylic acids is 2. The lowest BCUT2D eigenvalue weighted by atomic mass is 10.1. The average Bonchev–Trinajstić information content (AvgIpc) is 3.09. The van der Waals surface area contributed by atoms with Crippen LogP contribution in [0.2, 0.25) is 5.02 Å². The first-order chi connectivity index (χ1) is 12.1. The van der Waals surface area contributed by atoms with Crippen molar-refractivity contribution in [2.75, 3.05) is 6.61 Å². The fraction of sp³-hybridized carbons (Fsp3) is 0.111. The third-order valence-corrected chi connectivity index (χ3v) is 4.46. The Morgan fingerprint density at radius 2 is 1.92 bits per heavy atom. The number of rotatable bonds is 6. The normalized spacial score (nSPS) is 10.4. The van der Waals surface area contributed by atoms with E-state index in [-0.39, 0.29) is 18.8 Å². The summed E-state index contributed by atoms with van der Waals surface area (Å²) < 4.78 is 5.03. The Morgan fingerprint density at radius 1 is 1.12 bits per heavy atom. The van der Waals surface area contributed by atoms with E-state index >= 15 is 0 Å². The Hall–Kier alpha value is -2.57. The number of Topliss-reactive ketones (excluding diaryl/α,β-unsaturated/α-hetero) is 1. The molecular formula is C18H13ClN2O3S. The second kappa shape index (κ2) is 8.00. The maximum absolute atomic E-state index is 12.0. The van der Waals surface area contributed by atoms with Crippen molar-refractivity contribution in [1.29, 1.82) is 0 Å². The summed E-state index contributed by atoms with van der Waals surface area (Å²) in [5.74, 6) is -0.780. The average molecular weight is 373 g/mol. The van der Waals surface area contributed by atoms with Gasteiger partial charge in [-0.15, -0.1) is 11.3 Å². The minimum atomic E-state index is -0.500. The van der Waals surface area contributed by atoms with E-state index in [0.717, 1.165) is 10.7 Å². The Balaban J connectivity index is 1.54. The number of esters is 1. The van der Waals surface area contributed by atoms with Crippen LogP contribution in [-0.2, 0) is 16.0 Å². The molecule has 3 rings (SSSR count). The fourth-order valence-electron chi connectivity index (χ4n) is 2.06. The van der Waals surface area contributed by atoms with Crippen LogP contribution < -0.4 is 0 Å². The second-order valence-electron chi connectivity index (χ2n) is 5.13. The van der Waals surface area contributed by atoms with E-state index in [9.17, 15) is 9.59 Å². The molecule has 0 N–H and O–H groups in total. The number of benzene rings is 1. The highest BCUT2D eigenvalue weighted by atomic mass is 35.5. The zero-order chi connectivity index (χ0) is 17.6. The van der Waals surface area contributed by atoms with Crippen LogP contribution in [0.15, 0.2) is 54.0 Å². The van der Waals surface area contributed by atoms with Gasteiger partial charge in [0.15, 0.2) is 12.4 Å². The van der Waals surface area contributed by atoms with Crippen LogP contribution in [0.5, 0.6) is 0 Å². The molecule has 0 atom stereocenters. The van der Waals surface area contributed by atoms with Crippen molar-refractivity contribution >= 4 is 34.7 Å². The molecule has 0 unspecified atom stereocenters. The van der Waals surface area contributed by atoms with Crippen LogP contribution in [-0.4, -0.2) is 28.3 Å².